The van der Waals surface area contributed by atoms with Crippen LogP contribution in [0.25, 0.3) is 22.4 Å². The Kier molecular flexibility index (Phi) is 4.25. The smallest absolute Gasteiger partial charge is 0.335 e. The van der Waals surface area contributed by atoms with E-state index in [-0.39, 0.29) is 12.2 Å². The largest absolute Gasteiger partial charge is 0.494 e. The molecule has 0 fully saturated rings. The summed E-state index contributed by atoms with van der Waals surface area (Å²) < 4.78 is 5.48. The molecule has 23 heavy (non-hydrogen) atoms. The van der Waals surface area contributed by atoms with Crippen molar-refractivity contribution >= 4 is 17.0 Å². The van der Waals surface area contributed by atoms with Crippen LogP contribution in [0, 0.1) is 0 Å². The molecule has 1 aromatic heterocycles. The van der Waals surface area contributed by atoms with E-state index < -0.39 is 5.97 Å². The fourth-order valence-corrected chi connectivity index (χ4v) is 2.24. The summed E-state index contributed by atoms with van der Waals surface area (Å²) in [6.07, 6.45) is 0.594. The second-order valence-electron chi connectivity index (χ2n) is 5.07. The molecule has 0 bridgehead atoms. The zero-order valence-electron chi connectivity index (χ0n) is 12.3. The number of imidazole rings is 1. The Morgan fingerprint density at radius 2 is 1.96 bits per heavy atom. The Bertz CT molecular complexity index is 824. The van der Waals surface area contributed by atoms with Gasteiger partial charge in [0, 0.05) is 18.6 Å². The number of benzene rings is 2. The Morgan fingerprint density at radius 1 is 1.17 bits per heavy atom. The number of ether oxygens (including phenoxy) is 1. The van der Waals surface area contributed by atoms with Gasteiger partial charge < -0.3 is 19.9 Å². The van der Waals surface area contributed by atoms with Gasteiger partial charge in [-0.05, 0) is 42.5 Å². The predicted molar refractivity (Wildman–Crippen MR) is 85.7 cm³/mol. The summed E-state index contributed by atoms with van der Waals surface area (Å²) in [5, 5.41) is 17.8. The number of rotatable bonds is 6. The third-order valence-electron chi connectivity index (χ3n) is 3.43. The minimum absolute atomic E-state index is 0.107. The third-order valence-corrected chi connectivity index (χ3v) is 3.43. The number of aromatic carboxylic acids is 1. The number of nitrogens with zero attached hydrogens (tertiary/aromatic N) is 1. The van der Waals surface area contributed by atoms with Gasteiger partial charge >= 0.3 is 5.97 Å². The summed E-state index contributed by atoms with van der Waals surface area (Å²) in [7, 11) is 0. The van der Waals surface area contributed by atoms with E-state index in [4.69, 9.17) is 14.9 Å². The van der Waals surface area contributed by atoms with Gasteiger partial charge in [0.1, 0.15) is 11.6 Å². The molecule has 3 rings (SSSR count). The maximum atomic E-state index is 11.0. The average molecular weight is 312 g/mol. The lowest BCUT2D eigenvalue weighted by molar-refractivity contribution is 0.0697. The Balaban J connectivity index is 1.83. The normalized spacial score (nSPS) is 10.8. The van der Waals surface area contributed by atoms with Crippen LogP contribution in [0.3, 0.4) is 0 Å². The van der Waals surface area contributed by atoms with Crippen LogP contribution in [-0.2, 0) is 0 Å². The van der Waals surface area contributed by atoms with Gasteiger partial charge in [-0.1, -0.05) is 0 Å². The highest BCUT2D eigenvalue weighted by molar-refractivity contribution is 5.93. The molecule has 0 aliphatic carbocycles. The maximum Gasteiger partial charge on any atom is 0.335 e. The second kappa shape index (κ2) is 6.50. The van der Waals surface area contributed by atoms with Gasteiger partial charge in [-0.25, -0.2) is 9.78 Å². The van der Waals surface area contributed by atoms with Crippen LogP contribution in [0.15, 0.2) is 42.5 Å². The number of carbonyl (C=O) groups is 1. The van der Waals surface area contributed by atoms with Crippen molar-refractivity contribution in [3.05, 3.63) is 48.0 Å². The molecule has 2 aromatic carbocycles. The molecule has 0 aliphatic heterocycles. The van der Waals surface area contributed by atoms with Crippen LogP contribution in [0.5, 0.6) is 5.75 Å². The van der Waals surface area contributed by atoms with Gasteiger partial charge in [0.15, 0.2) is 0 Å². The molecule has 0 atom stereocenters. The molecule has 6 heteroatoms. The van der Waals surface area contributed by atoms with Crippen LogP contribution >= 0.6 is 0 Å². The summed E-state index contributed by atoms with van der Waals surface area (Å²) in [5.41, 5.74) is 2.49. The van der Waals surface area contributed by atoms with E-state index in [0.29, 0.717) is 24.4 Å². The standard InChI is InChI=1S/C17H16N2O4/c20-8-1-9-23-13-5-2-11(3-6-13)16-18-14-7-4-12(17(21)22)10-15(14)19-16/h2-7,10,20H,1,8-9H2,(H,18,19)(H,21,22). The molecule has 0 amide bonds. The number of hydrogen-bond acceptors (Lipinski definition) is 4. The Morgan fingerprint density at radius 3 is 2.65 bits per heavy atom. The number of hydrogen-bond donors (Lipinski definition) is 3. The van der Waals surface area contributed by atoms with Crippen molar-refractivity contribution in [2.45, 2.75) is 6.42 Å². The van der Waals surface area contributed by atoms with Crippen molar-refractivity contribution in [3.8, 4) is 17.1 Å². The molecule has 6 nitrogen and oxygen atoms in total. The van der Waals surface area contributed by atoms with Gasteiger partial charge in [0.25, 0.3) is 0 Å². The van der Waals surface area contributed by atoms with E-state index in [1.165, 1.54) is 0 Å². The molecule has 118 valence electrons. The van der Waals surface area contributed by atoms with E-state index in [9.17, 15) is 4.79 Å². The van der Waals surface area contributed by atoms with Crippen LogP contribution in [0.2, 0.25) is 0 Å². The van der Waals surface area contributed by atoms with E-state index in [1.807, 2.05) is 24.3 Å². The van der Waals surface area contributed by atoms with E-state index >= 15 is 0 Å². The molecular formula is C17H16N2O4. The minimum Gasteiger partial charge on any atom is -0.494 e. The summed E-state index contributed by atoms with van der Waals surface area (Å²) in [4.78, 5) is 18.6. The van der Waals surface area contributed by atoms with Crippen molar-refractivity contribution < 1.29 is 19.7 Å². The van der Waals surface area contributed by atoms with Crippen LogP contribution in [0.4, 0.5) is 0 Å². The average Bonchev–Trinajstić information content (AvgIpc) is 2.98. The fourth-order valence-electron chi connectivity index (χ4n) is 2.24. The Hall–Kier alpha value is -2.86. The van der Waals surface area contributed by atoms with Gasteiger partial charge in [-0.2, -0.15) is 0 Å². The first-order valence-electron chi connectivity index (χ1n) is 7.24. The number of aliphatic hydroxyl groups excluding tert-OH is 1. The van der Waals surface area contributed by atoms with Crippen molar-refractivity contribution in [3.63, 3.8) is 0 Å². The summed E-state index contributed by atoms with van der Waals surface area (Å²) in [6, 6.07) is 12.2. The van der Waals surface area contributed by atoms with Crippen LogP contribution in [0.1, 0.15) is 16.8 Å². The lowest BCUT2D eigenvalue weighted by Gasteiger charge is -2.05. The second-order valence-corrected chi connectivity index (χ2v) is 5.07. The predicted octanol–water partition coefficient (Wildman–Crippen LogP) is 2.69. The minimum atomic E-state index is -0.971. The first-order valence-corrected chi connectivity index (χ1v) is 7.24. The van der Waals surface area contributed by atoms with Gasteiger partial charge in [0.2, 0.25) is 0 Å². The van der Waals surface area contributed by atoms with Crippen LogP contribution < -0.4 is 4.74 Å². The quantitative estimate of drug-likeness (QED) is 0.608. The number of carboxylic acids is 1. The topological polar surface area (TPSA) is 95.4 Å². The number of carboxylic acid groups (broad SMARTS) is 1. The lowest BCUT2D eigenvalue weighted by atomic mass is 10.2. The van der Waals surface area contributed by atoms with Crippen molar-refractivity contribution in [2.75, 3.05) is 13.2 Å². The molecular weight excluding hydrogens is 296 g/mol. The molecule has 3 aromatic rings. The zero-order chi connectivity index (χ0) is 16.2. The number of aliphatic hydroxyl groups is 1. The molecule has 0 saturated heterocycles. The van der Waals surface area contributed by atoms with E-state index in [0.717, 1.165) is 16.8 Å². The zero-order valence-corrected chi connectivity index (χ0v) is 12.3. The van der Waals surface area contributed by atoms with Gasteiger partial charge in [-0.15, -0.1) is 0 Å². The SMILES string of the molecule is O=C(O)c1ccc2[nH]c(-c3ccc(OCCCO)cc3)nc2c1. The molecule has 0 aliphatic rings. The monoisotopic (exact) mass is 312 g/mol. The number of H-pyrrole nitrogens is 1. The molecule has 0 spiro atoms. The summed E-state index contributed by atoms with van der Waals surface area (Å²) >= 11 is 0. The first-order chi connectivity index (χ1) is 11.2. The van der Waals surface area contributed by atoms with Crippen LogP contribution in [-0.4, -0.2) is 39.4 Å². The maximum absolute atomic E-state index is 11.0. The van der Waals surface area contributed by atoms with Crippen molar-refractivity contribution in [1.29, 1.82) is 0 Å². The summed E-state index contributed by atoms with van der Waals surface area (Å²) in [6.45, 7) is 0.577. The van der Waals surface area contributed by atoms with Crippen molar-refractivity contribution in [2.24, 2.45) is 0 Å². The van der Waals surface area contributed by atoms with E-state index in [2.05, 4.69) is 9.97 Å². The molecule has 0 unspecified atom stereocenters. The number of fused-ring (bicyclic) bond motifs is 1. The highest BCUT2D eigenvalue weighted by Gasteiger charge is 2.09. The Labute approximate surface area is 132 Å². The number of nitrogens with one attached hydrogen (secondary N) is 1. The molecule has 0 saturated carbocycles. The number of aromatic nitrogens is 2. The number of aromatic amines is 1. The lowest BCUT2D eigenvalue weighted by Crippen LogP contribution is -1.99. The van der Waals surface area contributed by atoms with Gasteiger partial charge in [0.05, 0.1) is 23.2 Å². The van der Waals surface area contributed by atoms with E-state index in [1.54, 1.807) is 18.2 Å². The third kappa shape index (κ3) is 3.32. The first kappa shape index (κ1) is 15.1. The highest BCUT2D eigenvalue weighted by Crippen LogP contribution is 2.23. The van der Waals surface area contributed by atoms with Crippen molar-refractivity contribution in [1.82, 2.24) is 9.97 Å². The fraction of sp³-hybridized carbons (Fsp3) is 0.176. The summed E-state index contributed by atoms with van der Waals surface area (Å²) in [5.74, 6) is 0.428. The molecule has 3 N–H and O–H groups in total. The molecule has 1 heterocycles. The highest BCUT2D eigenvalue weighted by atomic mass is 16.5. The van der Waals surface area contributed by atoms with Gasteiger partial charge in [-0.3, -0.25) is 0 Å². The molecule has 0 radical (unpaired) electrons.